The van der Waals surface area contributed by atoms with E-state index in [9.17, 15) is 13.2 Å². The number of para-hydroxylation sites is 1. The van der Waals surface area contributed by atoms with Gasteiger partial charge in [0, 0.05) is 18.1 Å². The maximum absolute atomic E-state index is 12.7. The van der Waals surface area contributed by atoms with Crippen LogP contribution in [0.25, 0.3) is 0 Å². The Morgan fingerprint density at radius 3 is 2.71 bits per heavy atom. The molecule has 3 rings (SSSR count). The molecule has 0 bridgehead atoms. The Labute approximate surface area is 143 Å². The van der Waals surface area contributed by atoms with Gasteiger partial charge in [-0.05, 0) is 28.6 Å². The van der Waals surface area contributed by atoms with E-state index in [2.05, 4.69) is 15.5 Å². The van der Waals surface area contributed by atoms with Crippen molar-refractivity contribution >= 4 is 33.2 Å². The van der Waals surface area contributed by atoms with Crippen LogP contribution in [-0.4, -0.2) is 52.1 Å². The third kappa shape index (κ3) is 3.65. The van der Waals surface area contributed by atoms with Crippen molar-refractivity contribution in [1.29, 1.82) is 0 Å². The van der Waals surface area contributed by atoms with E-state index in [1.807, 2.05) is 18.2 Å². The van der Waals surface area contributed by atoms with Crippen LogP contribution >= 0.6 is 11.8 Å². The van der Waals surface area contributed by atoms with Gasteiger partial charge in [0.25, 0.3) is 0 Å². The molecule has 1 aromatic carbocycles. The number of sulfone groups is 1. The molecule has 1 aliphatic rings. The second-order valence-electron chi connectivity index (χ2n) is 5.20. The molecule has 0 spiro atoms. The smallest absolute Gasteiger partial charge is 0.238 e. The third-order valence-corrected chi connectivity index (χ3v) is 5.83. The van der Waals surface area contributed by atoms with Gasteiger partial charge >= 0.3 is 0 Å². The first-order chi connectivity index (χ1) is 11.5. The first kappa shape index (κ1) is 16.7. The molecular formula is C14H15N5O3S2. The van der Waals surface area contributed by atoms with Gasteiger partial charge in [-0.2, -0.15) is 0 Å². The molecule has 1 amide bonds. The number of thioether (sulfide) groups is 1. The molecule has 1 atom stereocenters. The predicted molar refractivity (Wildman–Crippen MR) is 90.2 cm³/mol. The van der Waals surface area contributed by atoms with Crippen LogP contribution in [0.5, 0.6) is 0 Å². The van der Waals surface area contributed by atoms with Gasteiger partial charge in [-0.1, -0.05) is 30.0 Å². The molecule has 2 aromatic rings. The number of aryl methyl sites for hydroxylation is 1. The quantitative estimate of drug-likeness (QED) is 0.717. The van der Waals surface area contributed by atoms with Crippen LogP contribution in [0, 0.1) is 0 Å². The molecule has 8 nitrogen and oxygen atoms in total. The average Bonchev–Trinajstić information content (AvgIpc) is 3.12. The van der Waals surface area contributed by atoms with Crippen molar-refractivity contribution in [2.24, 2.45) is 7.05 Å². The van der Waals surface area contributed by atoms with E-state index >= 15 is 0 Å². The Hall–Kier alpha value is -2.20. The lowest BCUT2D eigenvalue weighted by molar-refractivity contribution is -0.116. The average molecular weight is 365 g/mol. The van der Waals surface area contributed by atoms with Crippen LogP contribution in [0.3, 0.4) is 0 Å². The van der Waals surface area contributed by atoms with Crippen molar-refractivity contribution in [3.63, 3.8) is 0 Å². The van der Waals surface area contributed by atoms with Gasteiger partial charge in [-0.25, -0.2) is 13.1 Å². The minimum Gasteiger partial charge on any atom is -0.304 e. The highest BCUT2D eigenvalue weighted by Gasteiger charge is 2.31. The Morgan fingerprint density at radius 1 is 1.38 bits per heavy atom. The van der Waals surface area contributed by atoms with Gasteiger partial charge in [0.2, 0.25) is 11.1 Å². The maximum Gasteiger partial charge on any atom is 0.238 e. The van der Waals surface area contributed by atoms with Crippen LogP contribution in [-0.2, 0) is 21.7 Å². The minimum absolute atomic E-state index is 0.105. The first-order valence-electron chi connectivity index (χ1n) is 7.09. The molecule has 2 heterocycles. The zero-order valence-electron chi connectivity index (χ0n) is 12.8. The van der Waals surface area contributed by atoms with Crippen molar-refractivity contribution in [2.75, 3.05) is 16.4 Å². The molecule has 0 N–H and O–H groups in total. The molecule has 1 aromatic heterocycles. The Balaban J connectivity index is 1.81. The summed E-state index contributed by atoms with van der Waals surface area (Å²) in [6.07, 6.45) is 1.55. The Morgan fingerprint density at radius 2 is 2.12 bits per heavy atom. The number of carbonyl (C=O) groups excluding carboxylic acids is 1. The number of amides is 1. The molecule has 10 heteroatoms. The monoisotopic (exact) mass is 365 g/mol. The number of tetrazole rings is 1. The summed E-state index contributed by atoms with van der Waals surface area (Å²) in [6.45, 7) is 0. The number of carbonyl (C=O) groups is 1. The summed E-state index contributed by atoms with van der Waals surface area (Å²) in [5.41, 5.74) is 0.658. The fourth-order valence-electron chi connectivity index (χ4n) is 2.37. The zero-order valence-corrected chi connectivity index (χ0v) is 14.4. The van der Waals surface area contributed by atoms with Gasteiger partial charge in [0.1, 0.15) is 0 Å². The number of hydrogen-bond acceptors (Lipinski definition) is 7. The van der Waals surface area contributed by atoms with Crippen molar-refractivity contribution in [3.05, 3.63) is 41.8 Å². The number of nitrogens with zero attached hydrogens (tertiary/aromatic N) is 5. The van der Waals surface area contributed by atoms with Gasteiger partial charge in [0.15, 0.2) is 9.84 Å². The number of anilines is 1. The number of benzene rings is 1. The molecule has 24 heavy (non-hydrogen) atoms. The topological polar surface area (TPSA) is 98.1 Å². The van der Waals surface area contributed by atoms with Crippen LogP contribution < -0.4 is 4.90 Å². The minimum atomic E-state index is -3.26. The van der Waals surface area contributed by atoms with E-state index in [1.54, 1.807) is 25.3 Å². The summed E-state index contributed by atoms with van der Waals surface area (Å²) in [6, 6.07) is 8.51. The predicted octanol–water partition coefficient (Wildman–Crippen LogP) is 0.646. The molecular weight excluding hydrogens is 350 g/mol. The Bertz CT molecular complexity index is 864. The number of rotatable bonds is 5. The second kappa shape index (κ2) is 6.73. The lowest BCUT2D eigenvalue weighted by atomic mass is 10.2. The molecule has 126 valence electrons. The SMILES string of the molecule is Cn1nnnc1SCC(=O)N(c1ccccc1)[C@H]1C=CS(=O)(=O)C1. The molecule has 1 aliphatic heterocycles. The summed E-state index contributed by atoms with van der Waals surface area (Å²) in [4.78, 5) is 14.3. The van der Waals surface area contributed by atoms with Gasteiger partial charge in [-0.3, -0.25) is 4.79 Å². The molecule has 0 aliphatic carbocycles. The summed E-state index contributed by atoms with van der Waals surface area (Å²) in [5, 5.41) is 12.8. The van der Waals surface area contributed by atoms with E-state index in [-0.39, 0.29) is 17.4 Å². The summed E-state index contributed by atoms with van der Waals surface area (Å²) < 4.78 is 24.9. The second-order valence-corrected chi connectivity index (χ2v) is 8.07. The first-order valence-corrected chi connectivity index (χ1v) is 9.79. The molecule has 0 saturated heterocycles. The van der Waals surface area contributed by atoms with Crippen molar-refractivity contribution in [3.8, 4) is 0 Å². The molecule has 0 saturated carbocycles. The molecule has 0 radical (unpaired) electrons. The van der Waals surface area contributed by atoms with Gasteiger partial charge in [0.05, 0.1) is 17.5 Å². The van der Waals surface area contributed by atoms with Gasteiger partial charge < -0.3 is 4.90 Å². The van der Waals surface area contributed by atoms with E-state index < -0.39 is 15.9 Å². The van der Waals surface area contributed by atoms with Gasteiger partial charge in [-0.15, -0.1) is 5.10 Å². The largest absolute Gasteiger partial charge is 0.304 e. The van der Waals surface area contributed by atoms with E-state index in [4.69, 9.17) is 0 Å². The van der Waals surface area contributed by atoms with Crippen molar-refractivity contribution < 1.29 is 13.2 Å². The summed E-state index contributed by atoms with van der Waals surface area (Å²) in [7, 11) is -1.58. The highest BCUT2D eigenvalue weighted by molar-refractivity contribution is 7.99. The van der Waals surface area contributed by atoms with Crippen LogP contribution in [0.4, 0.5) is 5.69 Å². The summed E-state index contributed by atoms with van der Waals surface area (Å²) in [5.74, 6) is -0.210. The normalized spacial score (nSPS) is 18.6. The van der Waals surface area contributed by atoms with Crippen LogP contribution in [0.15, 0.2) is 47.0 Å². The highest BCUT2D eigenvalue weighted by atomic mass is 32.2. The molecule has 0 unspecified atom stereocenters. The summed E-state index contributed by atoms with van der Waals surface area (Å²) >= 11 is 1.21. The van der Waals surface area contributed by atoms with E-state index in [0.29, 0.717) is 10.8 Å². The fraction of sp³-hybridized carbons (Fsp3) is 0.286. The van der Waals surface area contributed by atoms with E-state index in [1.165, 1.54) is 26.8 Å². The lowest BCUT2D eigenvalue weighted by Crippen LogP contribution is -2.42. The van der Waals surface area contributed by atoms with Crippen molar-refractivity contribution in [1.82, 2.24) is 20.2 Å². The zero-order chi connectivity index (χ0) is 17.2. The standard InChI is InChI=1S/C14H15N5O3S2/c1-18-14(15-16-17-18)23-9-13(20)19(11-5-3-2-4-6-11)12-7-8-24(21,22)10-12/h2-8,12H,9-10H2,1H3/t12-/m0/s1. The third-order valence-electron chi connectivity index (χ3n) is 3.45. The maximum atomic E-state index is 12.7. The fourth-order valence-corrected chi connectivity index (χ4v) is 4.35. The van der Waals surface area contributed by atoms with E-state index in [0.717, 1.165) is 0 Å². The lowest BCUT2D eigenvalue weighted by Gasteiger charge is -2.27. The number of hydrogen-bond donors (Lipinski definition) is 0. The Kier molecular flexibility index (Phi) is 4.67. The number of aromatic nitrogens is 4. The van der Waals surface area contributed by atoms with Crippen LogP contribution in [0.2, 0.25) is 0 Å². The molecule has 0 fully saturated rings. The van der Waals surface area contributed by atoms with Crippen molar-refractivity contribution in [2.45, 2.75) is 11.2 Å². The highest BCUT2D eigenvalue weighted by Crippen LogP contribution is 2.24. The van der Waals surface area contributed by atoms with Crippen LogP contribution in [0.1, 0.15) is 0 Å².